The third-order valence-electron chi connectivity index (χ3n) is 8.73. The van der Waals surface area contributed by atoms with Gasteiger partial charge >= 0.3 is 5.97 Å². The number of carbonyl (C=O) groups excluding carboxylic acids is 2. The number of fused-ring (bicyclic) bond motifs is 2. The molecule has 1 saturated heterocycles. The molecule has 9 heteroatoms. The van der Waals surface area contributed by atoms with Crippen LogP contribution in [0.1, 0.15) is 74.8 Å². The Balaban J connectivity index is 1.19. The number of rotatable bonds is 9. The average molecular weight is 569 g/mol. The maximum Gasteiger partial charge on any atom is 0.305 e. The molecule has 9 nitrogen and oxygen atoms in total. The summed E-state index contributed by atoms with van der Waals surface area (Å²) >= 11 is 0. The number of nitriles is 1. The van der Waals surface area contributed by atoms with E-state index in [1.54, 1.807) is 19.1 Å². The number of benzene rings is 2. The van der Waals surface area contributed by atoms with Gasteiger partial charge in [-0.15, -0.1) is 0 Å². The number of aromatic nitrogens is 2. The van der Waals surface area contributed by atoms with Gasteiger partial charge in [-0.05, 0) is 87.3 Å². The molecule has 6 rings (SSSR count). The van der Waals surface area contributed by atoms with Gasteiger partial charge in [0.05, 0.1) is 31.0 Å². The molecule has 1 N–H and O–H groups in total. The van der Waals surface area contributed by atoms with Gasteiger partial charge in [0.2, 0.25) is 5.91 Å². The predicted octanol–water partition coefficient (Wildman–Crippen LogP) is 5.69. The second-order valence-corrected chi connectivity index (χ2v) is 11.4. The van der Waals surface area contributed by atoms with Gasteiger partial charge in [0.15, 0.2) is 0 Å². The Labute approximate surface area is 245 Å². The van der Waals surface area contributed by atoms with Crippen LogP contribution in [0.4, 0.5) is 5.69 Å². The lowest BCUT2D eigenvalue weighted by atomic mass is 9.85. The van der Waals surface area contributed by atoms with E-state index in [-0.39, 0.29) is 29.4 Å². The fraction of sp³-hybridized carbons (Fsp3) is 0.455. The number of aryl methyl sites for hydroxylation is 1. The summed E-state index contributed by atoms with van der Waals surface area (Å²) in [7, 11) is 0. The molecule has 3 aromatic rings. The van der Waals surface area contributed by atoms with Crippen molar-refractivity contribution in [2.75, 3.05) is 25.1 Å². The van der Waals surface area contributed by atoms with E-state index in [2.05, 4.69) is 22.6 Å². The lowest BCUT2D eigenvalue weighted by molar-refractivity contribution is -0.143. The van der Waals surface area contributed by atoms with E-state index in [9.17, 15) is 14.9 Å². The maximum absolute atomic E-state index is 13.7. The van der Waals surface area contributed by atoms with Crippen molar-refractivity contribution in [3.05, 3.63) is 65.5 Å². The molecule has 218 valence electrons. The third-order valence-corrected chi connectivity index (χ3v) is 8.73. The Morgan fingerprint density at radius 2 is 2.10 bits per heavy atom. The fourth-order valence-corrected chi connectivity index (χ4v) is 6.36. The van der Waals surface area contributed by atoms with Crippen LogP contribution < -0.4 is 10.1 Å². The van der Waals surface area contributed by atoms with Crippen LogP contribution in [0.15, 0.2) is 48.8 Å². The second kappa shape index (κ2) is 12.0. The number of ether oxygens (including phenoxy) is 3. The van der Waals surface area contributed by atoms with Crippen LogP contribution >= 0.6 is 0 Å². The van der Waals surface area contributed by atoms with Crippen molar-refractivity contribution in [1.82, 2.24) is 9.78 Å². The molecule has 42 heavy (non-hydrogen) atoms. The van der Waals surface area contributed by atoms with Crippen LogP contribution in [-0.4, -0.2) is 41.5 Å². The highest BCUT2D eigenvalue weighted by Gasteiger charge is 2.61. The molecule has 2 fully saturated rings. The number of esters is 1. The van der Waals surface area contributed by atoms with Crippen LogP contribution in [-0.2, 0) is 30.9 Å². The molecule has 2 aromatic carbocycles. The Morgan fingerprint density at radius 1 is 1.19 bits per heavy atom. The van der Waals surface area contributed by atoms with Crippen molar-refractivity contribution in [3.8, 4) is 22.9 Å². The first-order chi connectivity index (χ1) is 20.5. The molecular weight excluding hydrogens is 532 g/mol. The summed E-state index contributed by atoms with van der Waals surface area (Å²) < 4.78 is 18.9. The summed E-state index contributed by atoms with van der Waals surface area (Å²) in [4.78, 5) is 25.5. The minimum Gasteiger partial charge on any atom is -0.493 e. The smallest absolute Gasteiger partial charge is 0.305 e. The molecule has 3 atom stereocenters. The highest BCUT2D eigenvalue weighted by Crippen LogP contribution is 2.61. The molecule has 3 heterocycles. The molecule has 2 unspecified atom stereocenters. The Bertz CT molecular complexity index is 1520. The van der Waals surface area contributed by atoms with Gasteiger partial charge in [0.1, 0.15) is 12.0 Å². The topological polar surface area (TPSA) is 115 Å². The van der Waals surface area contributed by atoms with E-state index in [1.165, 1.54) is 0 Å². The number of nitrogens with zero attached hydrogens (tertiary/aromatic N) is 3. The lowest BCUT2D eigenvalue weighted by Crippen LogP contribution is -2.27. The van der Waals surface area contributed by atoms with Crippen LogP contribution in [0.25, 0.3) is 11.1 Å². The summed E-state index contributed by atoms with van der Waals surface area (Å²) in [5, 5.41) is 17.2. The highest BCUT2D eigenvalue weighted by molar-refractivity contribution is 5.97. The molecule has 1 aliphatic carbocycles. The molecule has 3 aliphatic rings. The molecule has 1 spiro atoms. The quantitative estimate of drug-likeness (QED) is 0.330. The Morgan fingerprint density at radius 3 is 2.90 bits per heavy atom. The average Bonchev–Trinajstić information content (AvgIpc) is 3.51. The molecule has 2 aliphatic heterocycles. The fourth-order valence-electron chi connectivity index (χ4n) is 6.36. The number of carbonyl (C=O) groups is 2. The van der Waals surface area contributed by atoms with Crippen molar-refractivity contribution in [3.63, 3.8) is 0 Å². The van der Waals surface area contributed by atoms with Crippen LogP contribution in [0, 0.1) is 17.2 Å². The molecule has 1 amide bonds. The van der Waals surface area contributed by atoms with E-state index in [0.29, 0.717) is 43.7 Å². The van der Waals surface area contributed by atoms with Crippen molar-refractivity contribution in [2.45, 2.75) is 69.9 Å². The first kappa shape index (κ1) is 28.0. The minimum atomic E-state index is -0.285. The van der Waals surface area contributed by atoms with E-state index in [1.807, 2.05) is 35.3 Å². The number of anilines is 1. The highest BCUT2D eigenvalue weighted by atomic mass is 16.5. The van der Waals surface area contributed by atoms with E-state index in [0.717, 1.165) is 66.7 Å². The van der Waals surface area contributed by atoms with E-state index < -0.39 is 0 Å². The number of hydrogen-bond donors (Lipinski definition) is 1. The number of nitrogens with one attached hydrogen (secondary N) is 1. The number of amides is 1. The number of hydrogen-bond acceptors (Lipinski definition) is 7. The van der Waals surface area contributed by atoms with Gasteiger partial charge < -0.3 is 19.5 Å². The van der Waals surface area contributed by atoms with E-state index in [4.69, 9.17) is 14.2 Å². The molecule has 1 saturated carbocycles. The zero-order valence-electron chi connectivity index (χ0n) is 23.9. The second-order valence-electron chi connectivity index (χ2n) is 11.4. The van der Waals surface area contributed by atoms with Gasteiger partial charge in [-0.3, -0.25) is 9.59 Å². The lowest BCUT2D eigenvalue weighted by Gasteiger charge is -2.27. The summed E-state index contributed by atoms with van der Waals surface area (Å²) in [6.07, 6.45) is 10.1. The Kier molecular flexibility index (Phi) is 7.98. The van der Waals surface area contributed by atoms with Crippen LogP contribution in [0.2, 0.25) is 0 Å². The minimum absolute atomic E-state index is 0.0223. The first-order valence-electron chi connectivity index (χ1n) is 14.9. The maximum atomic E-state index is 13.7. The molecule has 0 bridgehead atoms. The molecule has 0 radical (unpaired) electrons. The predicted molar refractivity (Wildman–Crippen MR) is 156 cm³/mol. The van der Waals surface area contributed by atoms with Gasteiger partial charge in [-0.2, -0.15) is 10.4 Å². The van der Waals surface area contributed by atoms with Gasteiger partial charge in [0, 0.05) is 47.4 Å². The largest absolute Gasteiger partial charge is 0.493 e. The van der Waals surface area contributed by atoms with Crippen LogP contribution in [0.3, 0.4) is 0 Å². The van der Waals surface area contributed by atoms with Crippen molar-refractivity contribution < 1.29 is 23.8 Å². The standard InChI is InChI=1S/C33H36N4O5/c1-2-40-31(38)8-5-6-23-10-9-22(19-34)16-28(23)36-32(39)27-18-33(27)13-15-41-29-12-11-24(17-26(29)33)25-20-35-37(21-25)30-7-3-4-14-42-30/h9-12,16-17,20-21,27,30H,2-8,13-15,18H2,1H3,(H,36,39)/t27-,30?,33?/m0/s1. The van der Waals surface area contributed by atoms with Gasteiger partial charge in [-0.25, -0.2) is 4.68 Å². The van der Waals surface area contributed by atoms with Crippen LogP contribution in [0.5, 0.6) is 5.75 Å². The summed E-state index contributed by atoms with van der Waals surface area (Å²) in [5.41, 5.74) is 4.83. The zero-order valence-corrected chi connectivity index (χ0v) is 23.9. The summed E-state index contributed by atoms with van der Waals surface area (Å²) in [6.45, 7) is 3.47. The third kappa shape index (κ3) is 5.64. The normalized spacial score (nSPS) is 22.5. The van der Waals surface area contributed by atoms with Gasteiger partial charge in [0.25, 0.3) is 0 Å². The van der Waals surface area contributed by atoms with Crippen molar-refractivity contribution >= 4 is 17.6 Å². The summed E-state index contributed by atoms with van der Waals surface area (Å²) in [6, 6.07) is 13.7. The zero-order chi connectivity index (χ0) is 29.1. The SMILES string of the molecule is CCOC(=O)CCCc1ccc(C#N)cc1NC(=O)[C@@H]1CC12CCOc1ccc(-c3cnn(C4CCCCO4)c3)cc12. The molecule has 1 aromatic heterocycles. The first-order valence-corrected chi connectivity index (χ1v) is 14.9. The Hall–Kier alpha value is -4.16. The van der Waals surface area contributed by atoms with Crippen molar-refractivity contribution in [1.29, 1.82) is 5.26 Å². The van der Waals surface area contributed by atoms with E-state index >= 15 is 0 Å². The molecular formula is C33H36N4O5. The van der Waals surface area contributed by atoms with Crippen molar-refractivity contribution in [2.24, 2.45) is 5.92 Å². The summed E-state index contributed by atoms with van der Waals surface area (Å²) in [5.74, 6) is 0.336. The monoisotopic (exact) mass is 568 g/mol. The van der Waals surface area contributed by atoms with Gasteiger partial charge in [-0.1, -0.05) is 12.1 Å².